The van der Waals surface area contributed by atoms with Crippen molar-refractivity contribution in [1.29, 1.82) is 5.41 Å². The molecule has 0 amide bonds. The SMILES string of the molecule is Br.CCCCn1c(=N)n(Cc2ccccc2Br)c2ccccc21. The lowest BCUT2D eigenvalue weighted by Gasteiger charge is -2.07. The molecule has 1 aromatic heterocycles. The Morgan fingerprint density at radius 2 is 1.57 bits per heavy atom. The summed E-state index contributed by atoms with van der Waals surface area (Å²) in [5.41, 5.74) is 4.04. The molecule has 0 saturated heterocycles. The highest BCUT2D eigenvalue weighted by atomic mass is 79.9. The second kappa shape index (κ2) is 7.97. The third-order valence-corrected chi connectivity index (χ3v) is 4.77. The number of hydrogen-bond acceptors (Lipinski definition) is 1. The summed E-state index contributed by atoms with van der Waals surface area (Å²) in [5.74, 6) is 0. The molecule has 23 heavy (non-hydrogen) atoms. The number of fused-ring (bicyclic) bond motifs is 1. The van der Waals surface area contributed by atoms with Gasteiger partial charge >= 0.3 is 0 Å². The molecule has 0 aliphatic rings. The van der Waals surface area contributed by atoms with E-state index in [1.165, 1.54) is 5.56 Å². The van der Waals surface area contributed by atoms with Crippen LogP contribution in [0.3, 0.4) is 0 Å². The molecule has 5 heteroatoms. The Hall–Kier alpha value is -1.33. The number of aryl methyl sites for hydroxylation is 1. The fraction of sp³-hybridized carbons (Fsp3) is 0.278. The van der Waals surface area contributed by atoms with Crippen LogP contribution in [0, 0.1) is 5.41 Å². The maximum Gasteiger partial charge on any atom is 0.203 e. The van der Waals surface area contributed by atoms with E-state index in [4.69, 9.17) is 5.41 Å². The molecule has 0 fully saturated rings. The lowest BCUT2D eigenvalue weighted by molar-refractivity contribution is 0.586. The van der Waals surface area contributed by atoms with Crippen LogP contribution < -0.4 is 5.62 Å². The van der Waals surface area contributed by atoms with E-state index in [1.807, 2.05) is 24.3 Å². The van der Waals surface area contributed by atoms with Crippen LogP contribution in [0.2, 0.25) is 0 Å². The number of para-hydroxylation sites is 2. The van der Waals surface area contributed by atoms with Gasteiger partial charge in [-0.15, -0.1) is 17.0 Å². The molecule has 0 radical (unpaired) electrons. The largest absolute Gasteiger partial charge is 0.310 e. The van der Waals surface area contributed by atoms with E-state index in [1.54, 1.807) is 0 Å². The van der Waals surface area contributed by atoms with Gasteiger partial charge in [-0.2, -0.15) is 0 Å². The third kappa shape index (κ3) is 3.61. The number of nitrogens with one attached hydrogen (secondary N) is 1. The van der Waals surface area contributed by atoms with E-state index in [0.717, 1.165) is 34.9 Å². The monoisotopic (exact) mass is 437 g/mol. The van der Waals surface area contributed by atoms with Gasteiger partial charge in [0, 0.05) is 11.0 Å². The topological polar surface area (TPSA) is 33.7 Å². The smallest absolute Gasteiger partial charge is 0.203 e. The summed E-state index contributed by atoms with van der Waals surface area (Å²) in [4.78, 5) is 0. The molecule has 0 saturated carbocycles. The van der Waals surface area contributed by atoms with Crippen LogP contribution in [0.25, 0.3) is 11.0 Å². The molecular weight excluding hydrogens is 418 g/mol. The lowest BCUT2D eigenvalue weighted by atomic mass is 10.2. The first kappa shape index (κ1) is 18.0. The molecule has 0 atom stereocenters. The van der Waals surface area contributed by atoms with Crippen molar-refractivity contribution in [1.82, 2.24) is 9.13 Å². The Morgan fingerprint density at radius 3 is 2.22 bits per heavy atom. The summed E-state index contributed by atoms with van der Waals surface area (Å²) in [6.45, 7) is 3.79. The molecule has 1 N–H and O–H groups in total. The average Bonchev–Trinajstić information content (AvgIpc) is 2.80. The number of halogens is 2. The van der Waals surface area contributed by atoms with Crippen molar-refractivity contribution in [3.63, 3.8) is 0 Å². The third-order valence-electron chi connectivity index (χ3n) is 4.00. The van der Waals surface area contributed by atoms with Crippen LogP contribution in [0.5, 0.6) is 0 Å². The summed E-state index contributed by atoms with van der Waals surface area (Å²) in [6.07, 6.45) is 2.23. The summed E-state index contributed by atoms with van der Waals surface area (Å²) < 4.78 is 5.30. The minimum absolute atomic E-state index is 0. The standard InChI is InChI=1S/C18H20BrN3.BrH/c1-2-3-12-21-16-10-6-7-11-17(16)22(18(21)20)13-14-8-4-5-9-15(14)19;/h4-11,20H,2-3,12-13H2,1H3;1H. The molecule has 3 aromatic rings. The number of hydrogen-bond donors (Lipinski definition) is 1. The van der Waals surface area contributed by atoms with Gasteiger partial charge in [-0.3, -0.25) is 5.41 Å². The van der Waals surface area contributed by atoms with Crippen molar-refractivity contribution >= 4 is 43.9 Å². The quantitative estimate of drug-likeness (QED) is 0.574. The van der Waals surface area contributed by atoms with Crippen LogP contribution in [-0.4, -0.2) is 9.13 Å². The molecule has 0 aliphatic carbocycles. The first-order chi connectivity index (χ1) is 10.7. The minimum atomic E-state index is 0. The molecular formula is C18H21Br2N3. The molecule has 0 bridgehead atoms. The van der Waals surface area contributed by atoms with E-state index in [2.05, 4.69) is 56.3 Å². The Bertz CT molecular complexity index is 849. The molecule has 3 rings (SSSR count). The predicted molar refractivity (Wildman–Crippen MR) is 104 cm³/mol. The average molecular weight is 439 g/mol. The molecule has 3 nitrogen and oxygen atoms in total. The highest BCUT2D eigenvalue weighted by Gasteiger charge is 2.11. The molecule has 122 valence electrons. The van der Waals surface area contributed by atoms with Gasteiger partial charge in [0.05, 0.1) is 17.6 Å². The van der Waals surface area contributed by atoms with Crippen molar-refractivity contribution in [2.24, 2.45) is 0 Å². The van der Waals surface area contributed by atoms with Crippen LogP contribution in [0.1, 0.15) is 25.3 Å². The van der Waals surface area contributed by atoms with Gasteiger partial charge in [-0.1, -0.05) is 59.6 Å². The van der Waals surface area contributed by atoms with Gasteiger partial charge in [0.25, 0.3) is 0 Å². The highest BCUT2D eigenvalue weighted by molar-refractivity contribution is 9.10. The zero-order valence-electron chi connectivity index (χ0n) is 13.1. The normalized spacial score (nSPS) is 10.7. The van der Waals surface area contributed by atoms with Gasteiger partial charge in [-0.05, 0) is 30.2 Å². The number of unbranched alkanes of at least 4 members (excludes halogenated alkanes) is 1. The van der Waals surface area contributed by atoms with Crippen molar-refractivity contribution in [2.75, 3.05) is 0 Å². The highest BCUT2D eigenvalue weighted by Crippen LogP contribution is 2.20. The van der Waals surface area contributed by atoms with Crippen LogP contribution in [-0.2, 0) is 13.1 Å². The Morgan fingerprint density at radius 1 is 0.957 bits per heavy atom. The number of benzene rings is 2. The number of nitrogens with zero attached hydrogens (tertiary/aromatic N) is 2. The lowest BCUT2D eigenvalue weighted by Crippen LogP contribution is -2.25. The number of imidazole rings is 1. The zero-order valence-corrected chi connectivity index (χ0v) is 16.4. The van der Waals surface area contributed by atoms with Crippen molar-refractivity contribution in [3.8, 4) is 0 Å². The van der Waals surface area contributed by atoms with Gasteiger partial charge in [0.15, 0.2) is 0 Å². The van der Waals surface area contributed by atoms with Crippen molar-refractivity contribution < 1.29 is 0 Å². The van der Waals surface area contributed by atoms with E-state index in [-0.39, 0.29) is 17.0 Å². The van der Waals surface area contributed by atoms with Gasteiger partial charge in [-0.25, -0.2) is 0 Å². The fourth-order valence-corrected chi connectivity index (χ4v) is 3.20. The zero-order chi connectivity index (χ0) is 15.5. The van der Waals surface area contributed by atoms with Crippen molar-refractivity contribution in [3.05, 3.63) is 64.2 Å². The summed E-state index contributed by atoms with van der Waals surface area (Å²) in [5, 5.41) is 8.58. The van der Waals surface area contributed by atoms with Gasteiger partial charge in [0.2, 0.25) is 5.62 Å². The van der Waals surface area contributed by atoms with Gasteiger partial charge < -0.3 is 9.13 Å². The predicted octanol–water partition coefficient (Wildman–Crippen LogP) is 5.11. The van der Waals surface area contributed by atoms with E-state index in [9.17, 15) is 0 Å². The first-order valence-electron chi connectivity index (χ1n) is 7.68. The minimum Gasteiger partial charge on any atom is -0.310 e. The first-order valence-corrected chi connectivity index (χ1v) is 8.47. The van der Waals surface area contributed by atoms with Crippen LogP contribution in [0.15, 0.2) is 53.0 Å². The molecule has 0 spiro atoms. The Labute approximate surface area is 155 Å². The van der Waals surface area contributed by atoms with Crippen molar-refractivity contribution in [2.45, 2.75) is 32.9 Å². The number of rotatable bonds is 5. The molecule has 0 aliphatic heterocycles. The fourth-order valence-electron chi connectivity index (χ4n) is 2.79. The van der Waals surface area contributed by atoms with Crippen LogP contribution >= 0.6 is 32.9 Å². The van der Waals surface area contributed by atoms with E-state index < -0.39 is 0 Å². The Balaban J connectivity index is 0.00000192. The maximum atomic E-state index is 8.58. The second-order valence-corrected chi connectivity index (χ2v) is 6.35. The number of aromatic nitrogens is 2. The summed E-state index contributed by atoms with van der Waals surface area (Å²) in [7, 11) is 0. The second-order valence-electron chi connectivity index (χ2n) is 5.50. The van der Waals surface area contributed by atoms with Gasteiger partial charge in [0.1, 0.15) is 0 Å². The molecule has 1 heterocycles. The summed E-state index contributed by atoms with van der Waals surface area (Å²) >= 11 is 3.61. The van der Waals surface area contributed by atoms with E-state index in [0.29, 0.717) is 12.2 Å². The molecule has 0 unspecified atom stereocenters. The van der Waals surface area contributed by atoms with Crippen LogP contribution in [0.4, 0.5) is 0 Å². The summed E-state index contributed by atoms with van der Waals surface area (Å²) in [6, 6.07) is 16.5. The Kier molecular flexibility index (Phi) is 6.25. The molecule has 2 aromatic carbocycles. The van der Waals surface area contributed by atoms with E-state index >= 15 is 0 Å². The maximum absolute atomic E-state index is 8.58.